The van der Waals surface area contributed by atoms with Gasteiger partial charge >= 0.3 is 206 Å². The first-order valence-electron chi connectivity index (χ1n) is 12.0. The fourth-order valence-corrected chi connectivity index (χ4v) is 7.68. The first-order chi connectivity index (χ1) is 15.4. The van der Waals surface area contributed by atoms with Gasteiger partial charge in [0.2, 0.25) is 0 Å². The molecule has 0 heterocycles. The summed E-state index contributed by atoms with van der Waals surface area (Å²) in [5.74, 6) is -0.291. The van der Waals surface area contributed by atoms with Gasteiger partial charge in [-0.1, -0.05) is 0 Å². The maximum atomic E-state index is 12.8. The molecular weight excluding hydrogens is 519 g/mol. The molecule has 2 atom stereocenters. The molecule has 0 fully saturated rings. The van der Waals surface area contributed by atoms with Crippen LogP contribution in [0, 0.1) is 11.8 Å². The molecule has 2 aromatic carbocycles. The van der Waals surface area contributed by atoms with Crippen molar-refractivity contribution in [2.75, 3.05) is 0 Å². The van der Waals surface area contributed by atoms with Crippen molar-refractivity contribution in [1.82, 2.24) is 0 Å². The summed E-state index contributed by atoms with van der Waals surface area (Å²) in [4.78, 5) is 29.2. The second-order valence-electron chi connectivity index (χ2n) is 10.4. The third kappa shape index (κ3) is 8.80. The first-order valence-corrected chi connectivity index (χ1v) is 20.0. The number of benzene rings is 2. The Kier molecular flexibility index (Phi) is 10.0. The molecule has 0 saturated carbocycles. The Morgan fingerprint density at radius 2 is 0.939 bits per heavy atom. The number of hydrogen-bond donors (Lipinski definition) is 0. The van der Waals surface area contributed by atoms with Crippen molar-refractivity contribution in [2.45, 2.75) is 76.1 Å². The predicted octanol–water partition coefficient (Wildman–Crippen LogP) is 6.78. The zero-order valence-electron chi connectivity index (χ0n) is 21.5. The van der Waals surface area contributed by atoms with Crippen LogP contribution in [0.2, 0.25) is 9.88 Å². The maximum absolute atomic E-state index is 12.8. The van der Waals surface area contributed by atoms with E-state index in [0.717, 1.165) is 24.0 Å². The average molecular weight is 559 g/mol. The van der Waals surface area contributed by atoms with Crippen molar-refractivity contribution in [3.8, 4) is 0 Å². The number of carbonyl (C=O) groups is 2. The van der Waals surface area contributed by atoms with Gasteiger partial charge in [-0.3, -0.25) is 0 Å². The van der Waals surface area contributed by atoms with E-state index in [9.17, 15) is 9.59 Å². The summed E-state index contributed by atoms with van der Waals surface area (Å²) >= 11 is -3.82. The fraction of sp³-hybridized carbons (Fsp3) is 0.500. The molecule has 0 aromatic heterocycles. The van der Waals surface area contributed by atoms with E-state index < -0.39 is 31.0 Å². The van der Waals surface area contributed by atoms with Gasteiger partial charge in [0.15, 0.2) is 0 Å². The van der Waals surface area contributed by atoms with E-state index >= 15 is 0 Å². The zero-order valence-corrected chi connectivity index (χ0v) is 24.3. The Morgan fingerprint density at radius 3 is 1.21 bits per heavy atom. The first kappa shape index (κ1) is 27.4. The van der Waals surface area contributed by atoms with Gasteiger partial charge < -0.3 is 0 Å². The van der Waals surface area contributed by atoms with E-state index in [0.29, 0.717) is 11.8 Å². The van der Waals surface area contributed by atoms with E-state index in [4.69, 9.17) is 6.15 Å². The SMILES string of the molecule is CC(C)Cc1ccc(C(C)C(=O)[O][Sn]([CH3])([CH3])[O]C(=O)C(C)c2ccc(CC(C)C)cc2)cc1. The average Bonchev–Trinajstić information content (AvgIpc) is 2.72. The van der Waals surface area contributed by atoms with Crippen molar-refractivity contribution in [3.05, 3.63) is 70.8 Å². The summed E-state index contributed by atoms with van der Waals surface area (Å²) in [7, 11) is 0. The summed E-state index contributed by atoms with van der Waals surface area (Å²) < 4.78 is 11.6. The van der Waals surface area contributed by atoms with Crippen LogP contribution in [-0.4, -0.2) is 31.1 Å². The number of rotatable bonds is 10. The summed E-state index contributed by atoms with van der Waals surface area (Å²) in [6.45, 7) is 12.4. The molecule has 0 spiro atoms. The second kappa shape index (κ2) is 12.0. The molecule has 0 bridgehead atoms. The predicted molar refractivity (Wildman–Crippen MR) is 136 cm³/mol. The molecule has 0 amide bonds. The molecule has 2 unspecified atom stereocenters. The van der Waals surface area contributed by atoms with Crippen LogP contribution >= 0.6 is 0 Å². The molecule has 0 saturated heterocycles. The van der Waals surface area contributed by atoms with Crippen molar-refractivity contribution in [2.24, 2.45) is 11.8 Å². The molecule has 0 radical (unpaired) electrons. The van der Waals surface area contributed by atoms with Gasteiger partial charge in [0.1, 0.15) is 0 Å². The minimum absolute atomic E-state index is 0.328. The van der Waals surface area contributed by atoms with E-state index in [1.54, 1.807) is 9.88 Å². The molecule has 0 N–H and O–H groups in total. The minimum atomic E-state index is -3.82. The quantitative estimate of drug-likeness (QED) is 0.302. The van der Waals surface area contributed by atoms with Crippen LogP contribution in [0.25, 0.3) is 0 Å². The normalized spacial score (nSPS) is 13.6. The van der Waals surface area contributed by atoms with Crippen LogP contribution in [0.3, 0.4) is 0 Å². The van der Waals surface area contributed by atoms with E-state index in [1.165, 1.54) is 11.1 Å². The summed E-state index contributed by atoms with van der Waals surface area (Å²) in [5.41, 5.74) is 4.34. The Balaban J connectivity index is 1.96. The van der Waals surface area contributed by atoms with Crippen LogP contribution in [-0.2, 0) is 28.6 Å². The molecule has 0 aliphatic rings. The molecule has 0 aliphatic heterocycles. The van der Waals surface area contributed by atoms with E-state index in [-0.39, 0.29) is 11.9 Å². The Bertz CT molecular complexity index is 838. The summed E-state index contributed by atoms with van der Waals surface area (Å²) in [6, 6.07) is 16.2. The zero-order chi connectivity index (χ0) is 24.8. The van der Waals surface area contributed by atoms with Gasteiger partial charge in [0.05, 0.1) is 0 Å². The second-order valence-corrected chi connectivity index (χ2v) is 19.5. The number of carbonyl (C=O) groups excluding carboxylic acids is 2. The van der Waals surface area contributed by atoms with Crippen LogP contribution < -0.4 is 0 Å². The molecule has 0 aliphatic carbocycles. The van der Waals surface area contributed by atoms with E-state index in [2.05, 4.69) is 52.0 Å². The van der Waals surface area contributed by atoms with Crippen LogP contribution in [0.4, 0.5) is 0 Å². The summed E-state index contributed by atoms with van der Waals surface area (Å²) in [6.07, 6.45) is 2.02. The molecule has 180 valence electrons. The van der Waals surface area contributed by atoms with Gasteiger partial charge in [-0.05, 0) is 0 Å². The Morgan fingerprint density at radius 1 is 0.636 bits per heavy atom. The molecule has 2 aromatic rings. The van der Waals surface area contributed by atoms with Gasteiger partial charge in [0.25, 0.3) is 0 Å². The van der Waals surface area contributed by atoms with Gasteiger partial charge in [0, 0.05) is 0 Å². The molecule has 2 rings (SSSR count). The monoisotopic (exact) mass is 560 g/mol. The molecule has 4 nitrogen and oxygen atoms in total. The van der Waals surface area contributed by atoms with E-state index in [1.807, 2.05) is 38.1 Å². The third-order valence-corrected chi connectivity index (χ3v) is 9.60. The Hall–Kier alpha value is -1.82. The standard InChI is InChI=1S/2C13H18O2.2CH3.Sn/c2*1-9(2)8-11-4-6-12(7-5-11)10(3)13(14)15;;;/h2*4-7,9-10H,8H2,1-3H3,(H,14,15);2*1H3;/q;;;;+2/p-2. The van der Waals surface area contributed by atoms with Crippen molar-refractivity contribution >= 4 is 31.1 Å². The van der Waals surface area contributed by atoms with Crippen LogP contribution in [0.1, 0.15) is 75.6 Å². The summed E-state index contributed by atoms with van der Waals surface area (Å²) in [5, 5.41) is 0. The van der Waals surface area contributed by atoms with Gasteiger partial charge in [-0.2, -0.15) is 0 Å². The van der Waals surface area contributed by atoms with Crippen molar-refractivity contribution < 1.29 is 15.7 Å². The van der Waals surface area contributed by atoms with Crippen molar-refractivity contribution in [1.29, 1.82) is 0 Å². The Labute approximate surface area is 205 Å². The molecule has 33 heavy (non-hydrogen) atoms. The van der Waals surface area contributed by atoms with Gasteiger partial charge in [-0.25, -0.2) is 0 Å². The fourth-order valence-electron chi connectivity index (χ4n) is 3.78. The number of hydrogen-bond acceptors (Lipinski definition) is 4. The molecule has 5 heteroatoms. The van der Waals surface area contributed by atoms with Crippen LogP contribution in [0.15, 0.2) is 48.5 Å². The third-order valence-electron chi connectivity index (χ3n) is 5.65. The topological polar surface area (TPSA) is 52.6 Å². The molecular formula is C28H40O4Sn. The van der Waals surface area contributed by atoms with Crippen molar-refractivity contribution in [3.63, 3.8) is 0 Å². The van der Waals surface area contributed by atoms with Gasteiger partial charge in [-0.15, -0.1) is 0 Å². The van der Waals surface area contributed by atoms with Crippen LogP contribution in [0.5, 0.6) is 0 Å².